The minimum absolute atomic E-state index is 0.316. The van der Waals surface area contributed by atoms with Crippen LogP contribution in [0.25, 0.3) is 11.0 Å². The minimum atomic E-state index is -0.316. The molecule has 0 aliphatic heterocycles. The van der Waals surface area contributed by atoms with Crippen molar-refractivity contribution < 1.29 is 9.15 Å². The Kier molecular flexibility index (Phi) is 5.01. The van der Waals surface area contributed by atoms with E-state index in [4.69, 9.17) is 9.15 Å². The van der Waals surface area contributed by atoms with Crippen molar-refractivity contribution in [3.8, 4) is 5.75 Å². The van der Waals surface area contributed by atoms with E-state index in [0.717, 1.165) is 42.9 Å². The molecule has 1 heterocycles. The lowest BCUT2D eigenvalue weighted by Gasteiger charge is -2.11. The van der Waals surface area contributed by atoms with Gasteiger partial charge in [0.2, 0.25) is 0 Å². The van der Waals surface area contributed by atoms with Gasteiger partial charge in [-0.1, -0.05) is 24.3 Å². The van der Waals surface area contributed by atoms with E-state index in [2.05, 4.69) is 22.0 Å². The van der Waals surface area contributed by atoms with Gasteiger partial charge in [0.05, 0.1) is 11.6 Å². The summed E-state index contributed by atoms with van der Waals surface area (Å²) in [6.07, 6.45) is 0. The molecule has 5 heteroatoms. The molecule has 0 amide bonds. The van der Waals surface area contributed by atoms with Crippen LogP contribution in [0.5, 0.6) is 5.75 Å². The molecule has 3 nitrogen and oxygen atoms in total. The molecule has 124 valence electrons. The molecule has 1 aromatic heterocycles. The summed E-state index contributed by atoms with van der Waals surface area (Å²) in [5, 5.41) is 1.01. The average Bonchev–Trinajstić information content (AvgIpc) is 2.57. The van der Waals surface area contributed by atoms with Gasteiger partial charge in [-0.3, -0.25) is 0 Å². The van der Waals surface area contributed by atoms with Gasteiger partial charge in [0, 0.05) is 22.1 Å². The van der Waals surface area contributed by atoms with Crippen LogP contribution in [0.2, 0.25) is 0 Å². The van der Waals surface area contributed by atoms with Gasteiger partial charge in [-0.05, 0) is 52.5 Å². The van der Waals surface area contributed by atoms with Crippen LogP contribution in [-0.4, -0.2) is 7.11 Å². The average molecular weight is 405 g/mol. The van der Waals surface area contributed by atoms with Crippen molar-refractivity contribution in [3.63, 3.8) is 0 Å². The van der Waals surface area contributed by atoms with E-state index < -0.39 is 0 Å². The third-order valence-corrected chi connectivity index (χ3v) is 5.90. The van der Waals surface area contributed by atoms with Crippen LogP contribution in [0.15, 0.2) is 55.0 Å². The van der Waals surface area contributed by atoms with Gasteiger partial charge in [0.1, 0.15) is 11.3 Å². The molecule has 0 radical (unpaired) electrons. The largest absolute Gasteiger partial charge is 0.496 e. The molecule has 0 atom stereocenters. The van der Waals surface area contributed by atoms with Crippen LogP contribution in [0, 0.1) is 13.8 Å². The number of aryl methyl sites for hydroxylation is 2. The topological polar surface area (TPSA) is 39.4 Å². The molecule has 0 spiro atoms. The zero-order chi connectivity index (χ0) is 17.3. The molecule has 0 bridgehead atoms. The molecule has 0 saturated carbocycles. The molecule has 0 unspecified atom stereocenters. The lowest BCUT2D eigenvalue weighted by Crippen LogP contribution is -2.00. The summed E-state index contributed by atoms with van der Waals surface area (Å²) in [5.74, 6) is 1.53. The van der Waals surface area contributed by atoms with Gasteiger partial charge in [-0.25, -0.2) is 4.79 Å². The maximum atomic E-state index is 11.9. The Morgan fingerprint density at radius 1 is 1.17 bits per heavy atom. The summed E-state index contributed by atoms with van der Waals surface area (Å²) in [6, 6.07) is 11.5. The van der Waals surface area contributed by atoms with E-state index in [0.29, 0.717) is 5.58 Å². The highest BCUT2D eigenvalue weighted by Crippen LogP contribution is 2.36. The van der Waals surface area contributed by atoms with Gasteiger partial charge >= 0.3 is 5.63 Å². The maximum absolute atomic E-state index is 11.9. The summed E-state index contributed by atoms with van der Waals surface area (Å²) < 4.78 is 11.7. The summed E-state index contributed by atoms with van der Waals surface area (Å²) in [6.45, 7) is 3.99. The van der Waals surface area contributed by atoms with Crippen molar-refractivity contribution in [2.24, 2.45) is 0 Å². The summed E-state index contributed by atoms with van der Waals surface area (Å²) in [7, 11) is 1.65. The van der Waals surface area contributed by atoms with Crippen molar-refractivity contribution in [3.05, 3.63) is 68.0 Å². The van der Waals surface area contributed by atoms with Crippen molar-refractivity contribution in [2.75, 3.05) is 7.11 Å². The lowest BCUT2D eigenvalue weighted by atomic mass is 10.1. The Morgan fingerprint density at radius 3 is 2.67 bits per heavy atom. The molecule has 3 aromatic rings. The van der Waals surface area contributed by atoms with Crippen molar-refractivity contribution in [1.29, 1.82) is 0 Å². The zero-order valence-electron chi connectivity index (χ0n) is 13.7. The summed E-state index contributed by atoms with van der Waals surface area (Å²) in [5.41, 5.74) is 3.55. The first-order valence-corrected chi connectivity index (χ1v) is 9.27. The predicted molar refractivity (Wildman–Crippen MR) is 102 cm³/mol. The zero-order valence-corrected chi connectivity index (χ0v) is 16.1. The molecule has 24 heavy (non-hydrogen) atoms. The number of benzene rings is 2. The molecule has 0 aliphatic carbocycles. The molecule has 0 fully saturated rings. The standard InChI is InChI=1S/C19H17BrO3S/c1-11-7-8-12(2)19-17(11)15(9-16(21)23-19)24-10-13-5-4-6-14(22-3)18(13)20/h4-9H,10H2,1-3H3. The first-order valence-electron chi connectivity index (χ1n) is 7.49. The monoisotopic (exact) mass is 404 g/mol. The predicted octanol–water partition coefficient (Wildman–Crippen LogP) is 5.47. The fraction of sp³-hybridized carbons (Fsp3) is 0.211. The van der Waals surface area contributed by atoms with Gasteiger partial charge in [0.25, 0.3) is 0 Å². The van der Waals surface area contributed by atoms with Crippen LogP contribution < -0.4 is 10.4 Å². The quantitative estimate of drug-likeness (QED) is 0.426. The highest BCUT2D eigenvalue weighted by atomic mass is 79.9. The normalized spacial score (nSPS) is 11.0. The third-order valence-electron chi connectivity index (χ3n) is 3.91. The van der Waals surface area contributed by atoms with Crippen LogP contribution in [0.3, 0.4) is 0 Å². The van der Waals surface area contributed by atoms with Crippen molar-refractivity contribution in [1.82, 2.24) is 0 Å². The van der Waals surface area contributed by atoms with Crippen LogP contribution in [0.1, 0.15) is 16.7 Å². The molecule has 2 aromatic carbocycles. The Morgan fingerprint density at radius 2 is 1.92 bits per heavy atom. The Balaban J connectivity index is 2.02. The van der Waals surface area contributed by atoms with E-state index in [1.165, 1.54) is 0 Å². The third kappa shape index (κ3) is 3.23. The second kappa shape index (κ2) is 7.03. The number of rotatable bonds is 4. The summed E-state index contributed by atoms with van der Waals surface area (Å²) in [4.78, 5) is 12.9. The van der Waals surface area contributed by atoms with Crippen molar-refractivity contribution >= 4 is 38.7 Å². The van der Waals surface area contributed by atoms with E-state index >= 15 is 0 Å². The number of hydrogen-bond acceptors (Lipinski definition) is 4. The molecule has 0 aliphatic rings. The molecular formula is C19H17BrO3S. The molecule has 0 saturated heterocycles. The first kappa shape index (κ1) is 17.1. The summed E-state index contributed by atoms with van der Waals surface area (Å²) >= 11 is 5.21. The molecule has 3 rings (SSSR count). The second-order valence-corrected chi connectivity index (χ2v) is 7.37. The number of fused-ring (bicyclic) bond motifs is 1. The number of hydrogen-bond donors (Lipinski definition) is 0. The van der Waals surface area contributed by atoms with Crippen LogP contribution in [-0.2, 0) is 5.75 Å². The van der Waals surface area contributed by atoms with Gasteiger partial charge < -0.3 is 9.15 Å². The Hall–Kier alpha value is -1.72. The number of halogens is 1. The number of methoxy groups -OCH3 is 1. The fourth-order valence-corrected chi connectivity index (χ4v) is 4.51. The highest BCUT2D eigenvalue weighted by molar-refractivity contribution is 9.10. The van der Waals surface area contributed by atoms with Crippen LogP contribution >= 0.6 is 27.7 Å². The Labute approximate surface area is 153 Å². The van der Waals surface area contributed by atoms with Gasteiger partial charge in [-0.2, -0.15) is 0 Å². The molecule has 0 N–H and O–H groups in total. The SMILES string of the molecule is COc1cccc(CSc2cc(=O)oc3c(C)ccc(C)c23)c1Br. The first-order chi connectivity index (χ1) is 11.5. The number of ether oxygens (including phenoxy) is 1. The number of thioether (sulfide) groups is 1. The fourth-order valence-electron chi connectivity index (χ4n) is 2.63. The lowest BCUT2D eigenvalue weighted by molar-refractivity contribution is 0.411. The minimum Gasteiger partial charge on any atom is -0.496 e. The van der Waals surface area contributed by atoms with Crippen LogP contribution in [0.4, 0.5) is 0 Å². The second-order valence-electron chi connectivity index (χ2n) is 5.56. The van der Waals surface area contributed by atoms with E-state index in [1.54, 1.807) is 24.9 Å². The highest BCUT2D eigenvalue weighted by Gasteiger charge is 2.12. The Bertz CT molecular complexity index is 963. The van der Waals surface area contributed by atoms with E-state index in [1.807, 2.05) is 38.1 Å². The van der Waals surface area contributed by atoms with Gasteiger partial charge in [0.15, 0.2) is 0 Å². The van der Waals surface area contributed by atoms with Crippen molar-refractivity contribution in [2.45, 2.75) is 24.5 Å². The van der Waals surface area contributed by atoms with E-state index in [9.17, 15) is 4.79 Å². The maximum Gasteiger partial charge on any atom is 0.337 e. The van der Waals surface area contributed by atoms with Gasteiger partial charge in [-0.15, -0.1) is 11.8 Å². The van der Waals surface area contributed by atoms with E-state index in [-0.39, 0.29) is 5.63 Å². The smallest absolute Gasteiger partial charge is 0.337 e. The molecular weight excluding hydrogens is 388 g/mol.